The zero-order valence-corrected chi connectivity index (χ0v) is 11.4. The lowest BCUT2D eigenvalue weighted by molar-refractivity contribution is -0.145. The smallest absolute Gasteiger partial charge is 0.333 e. The summed E-state index contributed by atoms with van der Waals surface area (Å²) in [6.45, 7) is 8.53. The summed E-state index contributed by atoms with van der Waals surface area (Å²) in [7, 11) is 0. The Morgan fingerprint density at radius 3 is 2.35 bits per heavy atom. The first kappa shape index (κ1) is 16.1. The Labute approximate surface area is 103 Å². The predicted octanol–water partition coefficient (Wildman–Crippen LogP) is 1.65. The summed E-state index contributed by atoms with van der Waals surface area (Å²) in [5, 5.41) is 18.4. The minimum Gasteiger partial charge on any atom is -0.457 e. The third-order valence-electron chi connectivity index (χ3n) is 2.24. The molecule has 0 aromatic rings. The Bertz CT molecular complexity index is 276. The van der Waals surface area contributed by atoms with Crippen LogP contribution in [0.5, 0.6) is 0 Å². The van der Waals surface area contributed by atoms with Gasteiger partial charge in [0.1, 0.15) is 6.10 Å². The van der Waals surface area contributed by atoms with Crippen molar-refractivity contribution in [2.75, 3.05) is 6.61 Å². The molecule has 0 rings (SSSR count). The normalized spacial score (nSPS) is 16.5. The molecule has 0 radical (unpaired) electrons. The fourth-order valence-corrected chi connectivity index (χ4v) is 1.65. The molecule has 0 aliphatic carbocycles. The van der Waals surface area contributed by atoms with Gasteiger partial charge in [-0.2, -0.15) is 0 Å². The van der Waals surface area contributed by atoms with Gasteiger partial charge in [-0.15, -0.1) is 0 Å². The Hall–Kier alpha value is -0.870. The molecule has 0 spiro atoms. The van der Waals surface area contributed by atoms with Crippen LogP contribution in [0.1, 0.15) is 41.0 Å². The van der Waals surface area contributed by atoms with E-state index in [1.54, 1.807) is 33.8 Å². The molecule has 4 heteroatoms. The number of carbonyl (C=O) groups is 1. The number of hydrogen-bond donors (Lipinski definition) is 2. The van der Waals surface area contributed by atoms with Crippen LogP contribution in [-0.2, 0) is 9.53 Å². The summed E-state index contributed by atoms with van der Waals surface area (Å²) in [4.78, 5) is 11.5. The second-order valence-electron chi connectivity index (χ2n) is 5.24. The highest BCUT2D eigenvalue weighted by Crippen LogP contribution is 2.18. The van der Waals surface area contributed by atoms with E-state index in [1.807, 2.05) is 6.92 Å². The van der Waals surface area contributed by atoms with Gasteiger partial charge >= 0.3 is 5.97 Å². The first-order valence-corrected chi connectivity index (χ1v) is 5.88. The van der Waals surface area contributed by atoms with Crippen LogP contribution in [-0.4, -0.2) is 34.5 Å². The maximum atomic E-state index is 11.5. The summed E-state index contributed by atoms with van der Waals surface area (Å²) in [6.07, 6.45) is 1.87. The molecule has 0 saturated carbocycles. The van der Waals surface area contributed by atoms with Crippen LogP contribution in [0, 0.1) is 5.92 Å². The second kappa shape index (κ2) is 6.77. The van der Waals surface area contributed by atoms with Crippen LogP contribution in [0.3, 0.4) is 0 Å². The highest BCUT2D eigenvalue weighted by atomic mass is 16.5. The largest absolute Gasteiger partial charge is 0.457 e. The lowest BCUT2D eigenvalue weighted by Gasteiger charge is -2.20. The molecule has 0 aliphatic rings. The first-order chi connectivity index (χ1) is 7.65. The maximum absolute atomic E-state index is 11.5. The molecule has 0 fully saturated rings. The number of hydrogen-bond acceptors (Lipinski definition) is 4. The third kappa shape index (κ3) is 7.94. The van der Waals surface area contributed by atoms with E-state index in [4.69, 9.17) is 9.84 Å². The van der Waals surface area contributed by atoms with E-state index >= 15 is 0 Å². The Balaban J connectivity index is 4.38. The van der Waals surface area contributed by atoms with Gasteiger partial charge in [-0.25, -0.2) is 4.79 Å². The van der Waals surface area contributed by atoms with E-state index in [9.17, 15) is 9.90 Å². The van der Waals surface area contributed by atoms with Crippen molar-refractivity contribution >= 4 is 5.97 Å². The van der Waals surface area contributed by atoms with Crippen molar-refractivity contribution in [2.45, 2.75) is 52.7 Å². The van der Waals surface area contributed by atoms with E-state index in [-0.39, 0.29) is 12.5 Å². The molecule has 0 bridgehead atoms. The molecule has 0 amide bonds. The Kier molecular flexibility index (Phi) is 6.42. The topological polar surface area (TPSA) is 66.8 Å². The van der Waals surface area contributed by atoms with Gasteiger partial charge in [0.05, 0.1) is 12.2 Å². The monoisotopic (exact) mass is 244 g/mol. The molecule has 0 heterocycles. The first-order valence-electron chi connectivity index (χ1n) is 5.88. The molecular weight excluding hydrogens is 220 g/mol. The molecular formula is C13H24O4. The van der Waals surface area contributed by atoms with Crippen LogP contribution < -0.4 is 0 Å². The van der Waals surface area contributed by atoms with Gasteiger partial charge in [0.15, 0.2) is 0 Å². The molecule has 0 aromatic heterocycles. The summed E-state index contributed by atoms with van der Waals surface area (Å²) in [5.74, 6) is -0.332. The van der Waals surface area contributed by atoms with Gasteiger partial charge in [-0.1, -0.05) is 13.0 Å². The molecule has 0 aliphatic heterocycles. The molecule has 2 unspecified atom stereocenters. The van der Waals surface area contributed by atoms with Crippen molar-refractivity contribution in [1.82, 2.24) is 0 Å². The fraction of sp³-hybridized carbons (Fsp3) is 0.769. The maximum Gasteiger partial charge on any atom is 0.333 e. The molecule has 0 saturated heterocycles. The molecule has 100 valence electrons. The Morgan fingerprint density at radius 2 is 1.94 bits per heavy atom. The average Bonchev–Trinajstić information content (AvgIpc) is 2.14. The molecule has 2 atom stereocenters. The van der Waals surface area contributed by atoms with Crippen LogP contribution >= 0.6 is 0 Å². The molecule has 0 aromatic carbocycles. The number of allylic oxidation sites excluding steroid dienone is 1. The van der Waals surface area contributed by atoms with E-state index in [2.05, 4.69) is 0 Å². The summed E-state index contributed by atoms with van der Waals surface area (Å²) in [5.41, 5.74) is -0.250. The number of aliphatic hydroxyl groups excluding tert-OH is 1. The lowest BCUT2D eigenvalue weighted by Crippen LogP contribution is -2.22. The summed E-state index contributed by atoms with van der Waals surface area (Å²) >= 11 is 0. The van der Waals surface area contributed by atoms with E-state index < -0.39 is 17.7 Å². The van der Waals surface area contributed by atoms with Gasteiger partial charge < -0.3 is 14.9 Å². The molecule has 17 heavy (non-hydrogen) atoms. The van der Waals surface area contributed by atoms with Crippen molar-refractivity contribution in [3.8, 4) is 0 Å². The van der Waals surface area contributed by atoms with Crippen LogP contribution in [0.2, 0.25) is 0 Å². The fourth-order valence-electron chi connectivity index (χ4n) is 1.65. The van der Waals surface area contributed by atoms with E-state index in [0.29, 0.717) is 12.0 Å². The number of carbonyl (C=O) groups excluding carboxylic acids is 1. The average molecular weight is 244 g/mol. The predicted molar refractivity (Wildman–Crippen MR) is 66.5 cm³/mol. The van der Waals surface area contributed by atoms with Crippen molar-refractivity contribution in [2.24, 2.45) is 5.92 Å². The molecule has 2 N–H and O–H groups in total. The quantitative estimate of drug-likeness (QED) is 0.551. The SMILES string of the molecule is CC(=CC(C)CC(C)(C)O)C(=O)OC(C)CO. The van der Waals surface area contributed by atoms with Crippen LogP contribution in [0.4, 0.5) is 0 Å². The zero-order valence-electron chi connectivity index (χ0n) is 11.4. The molecule has 4 nitrogen and oxygen atoms in total. The lowest BCUT2D eigenvalue weighted by atomic mass is 9.93. The highest BCUT2D eigenvalue weighted by Gasteiger charge is 2.17. The Morgan fingerprint density at radius 1 is 1.41 bits per heavy atom. The van der Waals surface area contributed by atoms with Gasteiger partial charge in [-0.05, 0) is 40.0 Å². The van der Waals surface area contributed by atoms with Crippen molar-refractivity contribution in [1.29, 1.82) is 0 Å². The number of ether oxygens (including phenoxy) is 1. The van der Waals surface area contributed by atoms with Gasteiger partial charge in [0.2, 0.25) is 0 Å². The third-order valence-corrected chi connectivity index (χ3v) is 2.24. The van der Waals surface area contributed by atoms with Crippen LogP contribution in [0.25, 0.3) is 0 Å². The van der Waals surface area contributed by atoms with Gasteiger partial charge in [0.25, 0.3) is 0 Å². The van der Waals surface area contributed by atoms with E-state index in [0.717, 1.165) is 0 Å². The standard InChI is InChI=1S/C13H24O4/c1-9(7-13(4,5)16)6-10(2)12(15)17-11(3)8-14/h6,9,11,14,16H,7-8H2,1-5H3. The minimum atomic E-state index is -0.751. The van der Waals surface area contributed by atoms with Crippen molar-refractivity contribution in [3.63, 3.8) is 0 Å². The number of aliphatic hydroxyl groups is 2. The summed E-state index contributed by atoms with van der Waals surface area (Å²) < 4.78 is 4.97. The van der Waals surface area contributed by atoms with Gasteiger partial charge in [0, 0.05) is 5.57 Å². The van der Waals surface area contributed by atoms with E-state index in [1.165, 1.54) is 0 Å². The number of esters is 1. The van der Waals surface area contributed by atoms with Gasteiger partial charge in [-0.3, -0.25) is 0 Å². The van der Waals surface area contributed by atoms with Crippen LogP contribution in [0.15, 0.2) is 11.6 Å². The van der Waals surface area contributed by atoms with Crippen molar-refractivity contribution in [3.05, 3.63) is 11.6 Å². The second-order valence-corrected chi connectivity index (χ2v) is 5.24. The minimum absolute atomic E-state index is 0.0898. The summed E-state index contributed by atoms with van der Waals surface area (Å²) in [6, 6.07) is 0. The zero-order chi connectivity index (χ0) is 13.6. The van der Waals surface area contributed by atoms with Crippen molar-refractivity contribution < 1.29 is 19.7 Å². The highest BCUT2D eigenvalue weighted by molar-refractivity contribution is 5.87. The number of rotatable bonds is 6.